The van der Waals surface area contributed by atoms with Gasteiger partial charge in [0, 0.05) is 5.75 Å². The average Bonchev–Trinajstić information content (AvgIpc) is 1.87. The van der Waals surface area contributed by atoms with E-state index in [1.165, 1.54) is 0 Å². The van der Waals surface area contributed by atoms with Gasteiger partial charge in [0.05, 0.1) is 6.07 Å². The summed E-state index contributed by atoms with van der Waals surface area (Å²) in [5.41, 5.74) is 0. The first kappa shape index (κ1) is 10.1. The molecule has 0 rings (SSSR count). The van der Waals surface area contributed by atoms with Crippen LogP contribution in [0.25, 0.3) is 0 Å². The number of hydrogen-bond acceptors (Lipinski definition) is 2. The summed E-state index contributed by atoms with van der Waals surface area (Å²) in [6.45, 7) is 4.31. The predicted molar refractivity (Wildman–Crippen MR) is 47.4 cm³/mol. The maximum atomic E-state index is 8.30. The van der Waals surface area contributed by atoms with Crippen LogP contribution in [0.2, 0.25) is 0 Å². The van der Waals surface area contributed by atoms with Crippen molar-refractivity contribution in [1.29, 1.82) is 5.26 Å². The number of alkyl halides is 1. The number of rotatable bonds is 4. The molecule has 10 heavy (non-hydrogen) atoms. The zero-order valence-electron chi connectivity index (χ0n) is 6.30. The van der Waals surface area contributed by atoms with Crippen LogP contribution in [0.15, 0.2) is 0 Å². The zero-order chi connectivity index (χ0) is 7.98. The molecule has 58 valence electrons. The van der Waals surface area contributed by atoms with E-state index in [1.807, 2.05) is 6.07 Å². The van der Waals surface area contributed by atoms with Gasteiger partial charge >= 0.3 is 0 Å². The lowest BCUT2D eigenvalue weighted by atomic mass is 10.3. The molecule has 0 saturated carbocycles. The Balaban J connectivity index is 3.13. The van der Waals surface area contributed by atoms with Crippen molar-refractivity contribution in [2.24, 2.45) is 5.92 Å². The van der Waals surface area contributed by atoms with Crippen LogP contribution in [-0.4, -0.2) is 16.9 Å². The highest BCUT2D eigenvalue weighted by atomic mass is 35.5. The fourth-order valence-electron chi connectivity index (χ4n) is 0.444. The van der Waals surface area contributed by atoms with E-state index in [-0.39, 0.29) is 5.38 Å². The van der Waals surface area contributed by atoms with Crippen LogP contribution >= 0.6 is 23.4 Å². The van der Waals surface area contributed by atoms with Gasteiger partial charge in [-0.15, -0.1) is 11.6 Å². The van der Waals surface area contributed by atoms with Gasteiger partial charge in [0.15, 0.2) is 0 Å². The lowest BCUT2D eigenvalue weighted by Gasteiger charge is -2.03. The minimum Gasteiger partial charge on any atom is -0.197 e. The second kappa shape index (κ2) is 5.88. The SMILES string of the molecule is CC(C)CSCC(Cl)C#N. The van der Waals surface area contributed by atoms with Crippen molar-refractivity contribution in [2.45, 2.75) is 19.2 Å². The van der Waals surface area contributed by atoms with E-state index in [1.54, 1.807) is 11.8 Å². The van der Waals surface area contributed by atoms with Crippen LogP contribution < -0.4 is 0 Å². The maximum absolute atomic E-state index is 8.30. The van der Waals surface area contributed by atoms with E-state index in [9.17, 15) is 0 Å². The van der Waals surface area contributed by atoms with Gasteiger partial charge in [-0.25, -0.2) is 0 Å². The smallest absolute Gasteiger partial charge is 0.129 e. The van der Waals surface area contributed by atoms with Crippen molar-refractivity contribution in [3.05, 3.63) is 0 Å². The Bertz CT molecular complexity index is 119. The van der Waals surface area contributed by atoms with Crippen LogP contribution in [0.3, 0.4) is 0 Å². The minimum atomic E-state index is -0.316. The highest BCUT2D eigenvalue weighted by molar-refractivity contribution is 7.99. The van der Waals surface area contributed by atoms with Crippen LogP contribution in [0.4, 0.5) is 0 Å². The summed E-state index contributed by atoms with van der Waals surface area (Å²) < 4.78 is 0. The molecule has 0 aromatic rings. The molecular formula is C7H12ClNS. The van der Waals surface area contributed by atoms with Gasteiger partial charge in [-0.1, -0.05) is 13.8 Å². The first-order chi connectivity index (χ1) is 4.66. The van der Waals surface area contributed by atoms with Crippen LogP contribution in [0.5, 0.6) is 0 Å². The number of hydrogen-bond donors (Lipinski definition) is 0. The number of nitriles is 1. The minimum absolute atomic E-state index is 0.316. The van der Waals surface area contributed by atoms with E-state index in [0.29, 0.717) is 5.92 Å². The molecule has 0 spiro atoms. The van der Waals surface area contributed by atoms with Gasteiger partial charge in [-0.3, -0.25) is 0 Å². The number of nitrogens with zero attached hydrogens (tertiary/aromatic N) is 1. The van der Waals surface area contributed by atoms with Crippen molar-refractivity contribution in [3.63, 3.8) is 0 Å². The van der Waals surface area contributed by atoms with Crippen molar-refractivity contribution in [3.8, 4) is 6.07 Å². The molecule has 1 nitrogen and oxygen atoms in total. The van der Waals surface area contributed by atoms with Gasteiger partial charge < -0.3 is 0 Å². The van der Waals surface area contributed by atoms with Gasteiger partial charge in [0.1, 0.15) is 5.38 Å². The molecule has 0 saturated heterocycles. The molecule has 0 aliphatic heterocycles. The van der Waals surface area contributed by atoms with Crippen molar-refractivity contribution >= 4 is 23.4 Å². The Morgan fingerprint density at radius 2 is 2.10 bits per heavy atom. The third-order valence-corrected chi connectivity index (χ3v) is 2.76. The average molecular weight is 178 g/mol. The monoisotopic (exact) mass is 177 g/mol. The number of thioether (sulfide) groups is 1. The molecule has 3 heteroatoms. The fourth-order valence-corrected chi connectivity index (χ4v) is 1.60. The lowest BCUT2D eigenvalue weighted by molar-refractivity contribution is 0.750. The summed E-state index contributed by atoms with van der Waals surface area (Å²) in [6, 6.07) is 1.98. The van der Waals surface area contributed by atoms with Gasteiger partial charge in [-0.2, -0.15) is 17.0 Å². The van der Waals surface area contributed by atoms with Crippen LogP contribution in [-0.2, 0) is 0 Å². The standard InChI is InChI=1S/C7H12ClNS/c1-6(2)4-10-5-7(8)3-9/h6-7H,4-5H2,1-2H3. The Hall–Kier alpha value is 0.130. The van der Waals surface area contributed by atoms with Crippen molar-refractivity contribution < 1.29 is 0 Å². The quantitative estimate of drug-likeness (QED) is 0.617. The van der Waals surface area contributed by atoms with E-state index in [4.69, 9.17) is 16.9 Å². The second-order valence-corrected chi connectivity index (χ2v) is 4.13. The van der Waals surface area contributed by atoms with Gasteiger partial charge in [-0.05, 0) is 11.7 Å². The van der Waals surface area contributed by atoms with E-state index in [0.717, 1.165) is 11.5 Å². The molecule has 0 aliphatic rings. The molecule has 1 unspecified atom stereocenters. The molecule has 0 heterocycles. The summed E-state index contributed by atoms with van der Waals surface area (Å²) in [6.07, 6.45) is 0. The molecule has 0 radical (unpaired) electrons. The highest BCUT2D eigenvalue weighted by Gasteiger charge is 2.01. The van der Waals surface area contributed by atoms with Gasteiger partial charge in [0.2, 0.25) is 0 Å². The third-order valence-electron chi connectivity index (χ3n) is 0.855. The first-order valence-electron chi connectivity index (χ1n) is 3.28. The number of halogens is 1. The van der Waals surface area contributed by atoms with Crippen LogP contribution in [0.1, 0.15) is 13.8 Å². The predicted octanol–water partition coefficient (Wildman–Crippen LogP) is 2.51. The van der Waals surface area contributed by atoms with Crippen LogP contribution in [0, 0.1) is 17.2 Å². The molecule has 0 amide bonds. The topological polar surface area (TPSA) is 23.8 Å². The Labute approximate surface area is 71.7 Å². The van der Waals surface area contributed by atoms with Gasteiger partial charge in [0.25, 0.3) is 0 Å². The zero-order valence-corrected chi connectivity index (χ0v) is 7.87. The second-order valence-electron chi connectivity index (χ2n) is 2.53. The third kappa shape index (κ3) is 6.25. The summed E-state index contributed by atoms with van der Waals surface area (Å²) in [5, 5.41) is 7.99. The summed E-state index contributed by atoms with van der Waals surface area (Å²) in [7, 11) is 0. The summed E-state index contributed by atoms with van der Waals surface area (Å²) >= 11 is 7.31. The summed E-state index contributed by atoms with van der Waals surface area (Å²) in [4.78, 5) is 0. The fraction of sp³-hybridized carbons (Fsp3) is 0.857. The Kier molecular flexibility index (Phi) is 5.96. The Morgan fingerprint density at radius 3 is 2.50 bits per heavy atom. The van der Waals surface area contributed by atoms with Crippen molar-refractivity contribution in [1.82, 2.24) is 0 Å². The Morgan fingerprint density at radius 1 is 1.50 bits per heavy atom. The lowest BCUT2D eigenvalue weighted by Crippen LogP contribution is -2.00. The normalized spacial score (nSPS) is 13.1. The molecule has 0 fully saturated rings. The molecule has 0 N–H and O–H groups in total. The van der Waals surface area contributed by atoms with E-state index >= 15 is 0 Å². The summed E-state index contributed by atoms with van der Waals surface area (Å²) in [5.74, 6) is 2.52. The molecule has 0 bridgehead atoms. The molecular weight excluding hydrogens is 166 g/mol. The maximum Gasteiger partial charge on any atom is 0.129 e. The molecule has 0 aromatic heterocycles. The first-order valence-corrected chi connectivity index (χ1v) is 4.87. The van der Waals surface area contributed by atoms with E-state index < -0.39 is 0 Å². The molecule has 0 aliphatic carbocycles. The highest BCUT2D eigenvalue weighted by Crippen LogP contribution is 2.11. The van der Waals surface area contributed by atoms with E-state index in [2.05, 4.69) is 13.8 Å². The largest absolute Gasteiger partial charge is 0.197 e. The van der Waals surface area contributed by atoms with Crippen molar-refractivity contribution in [2.75, 3.05) is 11.5 Å². The molecule has 0 aromatic carbocycles. The molecule has 1 atom stereocenters.